The Hall–Kier alpha value is -0.840. The lowest BCUT2D eigenvalue weighted by atomic mass is 10.4. The molecule has 0 unspecified atom stereocenters. The Morgan fingerprint density at radius 3 is 3.00 bits per heavy atom. The smallest absolute Gasteiger partial charge is 0.0931 e. The van der Waals surface area contributed by atoms with E-state index in [4.69, 9.17) is 11.6 Å². The Labute approximate surface area is 110 Å². The van der Waals surface area contributed by atoms with Gasteiger partial charge in [-0.1, -0.05) is 18.5 Å². The standard InChI is InChI=1S/C12H16ClN3S/c1-2-6-14-8-10-5-7-15-16(10)9-11-3-4-12(13)17-11/h3-5,7,14H,2,6,8-9H2,1H3. The lowest BCUT2D eigenvalue weighted by molar-refractivity contribution is 0.595. The molecule has 0 aromatic carbocycles. The molecule has 92 valence electrons. The molecular weight excluding hydrogens is 254 g/mol. The third-order valence-corrected chi connectivity index (χ3v) is 3.69. The van der Waals surface area contributed by atoms with Gasteiger partial charge in [0.15, 0.2) is 0 Å². The molecule has 0 aliphatic rings. The summed E-state index contributed by atoms with van der Waals surface area (Å²) in [6.07, 6.45) is 2.99. The zero-order chi connectivity index (χ0) is 12.1. The molecule has 2 aromatic heterocycles. The molecule has 1 N–H and O–H groups in total. The summed E-state index contributed by atoms with van der Waals surface area (Å²) in [5, 5.41) is 7.73. The molecule has 0 bridgehead atoms. The van der Waals surface area contributed by atoms with E-state index in [-0.39, 0.29) is 0 Å². The summed E-state index contributed by atoms with van der Waals surface area (Å²) in [7, 11) is 0. The van der Waals surface area contributed by atoms with Crippen LogP contribution in [0.1, 0.15) is 23.9 Å². The average Bonchev–Trinajstić information content (AvgIpc) is 2.90. The summed E-state index contributed by atoms with van der Waals surface area (Å²) in [4.78, 5) is 1.23. The molecule has 2 heterocycles. The lowest BCUT2D eigenvalue weighted by Gasteiger charge is -2.07. The van der Waals surface area contributed by atoms with Crippen LogP contribution in [0.25, 0.3) is 0 Å². The highest BCUT2D eigenvalue weighted by atomic mass is 35.5. The van der Waals surface area contributed by atoms with Gasteiger partial charge in [0.1, 0.15) is 0 Å². The molecule has 0 saturated heterocycles. The van der Waals surface area contributed by atoms with Crippen LogP contribution in [0.4, 0.5) is 0 Å². The van der Waals surface area contributed by atoms with Crippen LogP contribution in [0.5, 0.6) is 0 Å². The van der Waals surface area contributed by atoms with E-state index < -0.39 is 0 Å². The van der Waals surface area contributed by atoms with Crippen molar-refractivity contribution in [1.82, 2.24) is 15.1 Å². The molecule has 17 heavy (non-hydrogen) atoms. The minimum absolute atomic E-state index is 0.799. The van der Waals surface area contributed by atoms with Crippen molar-refractivity contribution in [3.8, 4) is 0 Å². The fourth-order valence-electron chi connectivity index (χ4n) is 1.63. The van der Waals surface area contributed by atoms with Gasteiger partial charge in [0.05, 0.1) is 16.6 Å². The summed E-state index contributed by atoms with van der Waals surface area (Å²) in [6.45, 7) is 4.87. The molecule has 0 spiro atoms. The minimum Gasteiger partial charge on any atom is -0.311 e. The molecule has 5 heteroatoms. The van der Waals surface area contributed by atoms with Gasteiger partial charge >= 0.3 is 0 Å². The minimum atomic E-state index is 0.799. The Morgan fingerprint density at radius 2 is 2.29 bits per heavy atom. The zero-order valence-corrected chi connectivity index (χ0v) is 11.4. The number of thiophene rings is 1. The quantitative estimate of drug-likeness (QED) is 0.817. The van der Waals surface area contributed by atoms with Crippen molar-refractivity contribution < 1.29 is 0 Å². The number of nitrogens with one attached hydrogen (secondary N) is 1. The predicted molar refractivity (Wildman–Crippen MR) is 72.7 cm³/mol. The van der Waals surface area contributed by atoms with E-state index in [2.05, 4.69) is 29.5 Å². The highest BCUT2D eigenvalue weighted by Gasteiger charge is 2.04. The maximum absolute atomic E-state index is 5.92. The average molecular weight is 270 g/mol. The Morgan fingerprint density at radius 1 is 1.41 bits per heavy atom. The van der Waals surface area contributed by atoms with E-state index in [1.54, 1.807) is 11.3 Å². The largest absolute Gasteiger partial charge is 0.311 e. The first kappa shape index (κ1) is 12.6. The first-order valence-corrected chi connectivity index (χ1v) is 6.94. The van der Waals surface area contributed by atoms with Gasteiger partial charge in [-0.25, -0.2) is 0 Å². The number of hydrogen-bond donors (Lipinski definition) is 1. The second-order valence-corrected chi connectivity index (χ2v) is 5.66. The van der Waals surface area contributed by atoms with E-state index in [1.165, 1.54) is 10.6 Å². The van der Waals surface area contributed by atoms with E-state index >= 15 is 0 Å². The van der Waals surface area contributed by atoms with Crippen molar-refractivity contribution in [2.45, 2.75) is 26.4 Å². The van der Waals surface area contributed by atoms with Gasteiger partial charge in [-0.3, -0.25) is 4.68 Å². The maximum Gasteiger partial charge on any atom is 0.0931 e. The van der Waals surface area contributed by atoms with Crippen LogP contribution in [0.2, 0.25) is 4.34 Å². The molecule has 0 aliphatic heterocycles. The van der Waals surface area contributed by atoms with Crippen LogP contribution in [0.15, 0.2) is 24.4 Å². The molecule has 3 nitrogen and oxygen atoms in total. The number of nitrogens with zero attached hydrogens (tertiary/aromatic N) is 2. The monoisotopic (exact) mass is 269 g/mol. The van der Waals surface area contributed by atoms with Crippen molar-refractivity contribution >= 4 is 22.9 Å². The molecule has 0 radical (unpaired) electrons. The van der Waals surface area contributed by atoms with Crippen LogP contribution >= 0.6 is 22.9 Å². The number of rotatable bonds is 6. The Kier molecular flexibility index (Phi) is 4.59. The lowest BCUT2D eigenvalue weighted by Crippen LogP contribution is -2.17. The molecule has 2 rings (SSSR count). The Balaban J connectivity index is 1.98. The molecule has 2 aromatic rings. The fraction of sp³-hybridized carbons (Fsp3) is 0.417. The topological polar surface area (TPSA) is 29.9 Å². The van der Waals surface area contributed by atoms with E-state index in [1.807, 2.05) is 16.9 Å². The third kappa shape index (κ3) is 3.56. The van der Waals surface area contributed by atoms with Gasteiger partial charge in [-0.05, 0) is 31.2 Å². The molecular formula is C12H16ClN3S. The summed E-state index contributed by atoms with van der Waals surface area (Å²) in [5.41, 5.74) is 1.21. The van der Waals surface area contributed by atoms with E-state index in [0.29, 0.717) is 0 Å². The molecule has 0 atom stereocenters. The second kappa shape index (κ2) is 6.19. The van der Waals surface area contributed by atoms with Crippen LogP contribution < -0.4 is 5.32 Å². The predicted octanol–water partition coefficient (Wildman–Crippen LogP) is 3.15. The van der Waals surface area contributed by atoms with Crippen molar-refractivity contribution in [1.29, 1.82) is 0 Å². The van der Waals surface area contributed by atoms with Crippen LogP contribution in [0.3, 0.4) is 0 Å². The van der Waals surface area contributed by atoms with Crippen LogP contribution in [-0.2, 0) is 13.1 Å². The number of hydrogen-bond acceptors (Lipinski definition) is 3. The van der Waals surface area contributed by atoms with E-state index in [0.717, 1.165) is 30.4 Å². The third-order valence-electron chi connectivity index (χ3n) is 2.47. The summed E-state index contributed by atoms with van der Waals surface area (Å²) in [5.74, 6) is 0. The van der Waals surface area contributed by atoms with Gasteiger partial charge in [0, 0.05) is 17.6 Å². The number of halogens is 1. The highest BCUT2D eigenvalue weighted by Crippen LogP contribution is 2.22. The normalized spacial score (nSPS) is 10.9. The van der Waals surface area contributed by atoms with Crippen LogP contribution in [0, 0.1) is 0 Å². The molecule has 0 fully saturated rings. The van der Waals surface area contributed by atoms with Gasteiger partial charge in [-0.15, -0.1) is 11.3 Å². The molecule has 0 saturated carbocycles. The van der Waals surface area contributed by atoms with Gasteiger partial charge in [0.2, 0.25) is 0 Å². The van der Waals surface area contributed by atoms with Crippen molar-refractivity contribution in [3.05, 3.63) is 39.3 Å². The molecule has 0 aliphatic carbocycles. The van der Waals surface area contributed by atoms with Crippen molar-refractivity contribution in [2.24, 2.45) is 0 Å². The van der Waals surface area contributed by atoms with Gasteiger partial charge in [-0.2, -0.15) is 5.10 Å². The fourth-order valence-corrected chi connectivity index (χ4v) is 2.70. The van der Waals surface area contributed by atoms with Crippen LogP contribution in [-0.4, -0.2) is 16.3 Å². The van der Waals surface area contributed by atoms with Gasteiger partial charge < -0.3 is 5.32 Å². The first-order valence-electron chi connectivity index (χ1n) is 5.75. The van der Waals surface area contributed by atoms with E-state index in [9.17, 15) is 0 Å². The van der Waals surface area contributed by atoms with Crippen molar-refractivity contribution in [2.75, 3.05) is 6.54 Å². The maximum atomic E-state index is 5.92. The zero-order valence-electron chi connectivity index (χ0n) is 9.82. The Bertz CT molecular complexity index is 464. The van der Waals surface area contributed by atoms with Crippen molar-refractivity contribution in [3.63, 3.8) is 0 Å². The number of aromatic nitrogens is 2. The summed E-state index contributed by atoms with van der Waals surface area (Å²) in [6, 6.07) is 6.04. The highest BCUT2D eigenvalue weighted by molar-refractivity contribution is 7.16. The van der Waals surface area contributed by atoms with Gasteiger partial charge in [0.25, 0.3) is 0 Å². The summed E-state index contributed by atoms with van der Waals surface area (Å²) >= 11 is 7.53. The first-order chi connectivity index (χ1) is 8.29. The SMILES string of the molecule is CCCNCc1ccnn1Cc1ccc(Cl)s1. The second-order valence-electron chi connectivity index (χ2n) is 3.86. The summed E-state index contributed by atoms with van der Waals surface area (Å²) < 4.78 is 2.85. The molecule has 0 amide bonds.